The summed E-state index contributed by atoms with van der Waals surface area (Å²) in [6, 6.07) is 9.83. The predicted octanol–water partition coefficient (Wildman–Crippen LogP) is 2.18. The van der Waals surface area contributed by atoms with Crippen LogP contribution in [0.25, 0.3) is 17.2 Å². The zero-order valence-corrected chi connectivity index (χ0v) is 16.1. The van der Waals surface area contributed by atoms with Gasteiger partial charge < -0.3 is 4.74 Å². The first-order valence-corrected chi connectivity index (χ1v) is 9.92. The van der Waals surface area contributed by atoms with Crippen LogP contribution < -0.4 is 9.88 Å². The number of pyridine rings is 1. The van der Waals surface area contributed by atoms with Crippen molar-refractivity contribution in [3.8, 4) is 23.0 Å². The number of nitrogens with zero attached hydrogens (tertiary/aromatic N) is 4. The molecule has 2 heterocycles. The second-order valence-corrected chi connectivity index (χ2v) is 8.02. The molecule has 3 aromatic rings. The summed E-state index contributed by atoms with van der Waals surface area (Å²) >= 11 is 0. The van der Waals surface area contributed by atoms with Crippen LogP contribution in [-0.4, -0.2) is 35.3 Å². The van der Waals surface area contributed by atoms with Crippen LogP contribution in [0.4, 0.5) is 0 Å². The van der Waals surface area contributed by atoms with Crippen molar-refractivity contribution < 1.29 is 13.2 Å². The number of hydrogen-bond acceptors (Lipinski definition) is 6. The summed E-state index contributed by atoms with van der Waals surface area (Å²) < 4.78 is 30.6. The second kappa shape index (κ2) is 7.45. The molecule has 0 saturated heterocycles. The Morgan fingerprint density at radius 3 is 2.59 bits per heavy atom. The Labute approximate surface area is 158 Å². The molecule has 0 radical (unpaired) electrons. The van der Waals surface area contributed by atoms with E-state index >= 15 is 0 Å². The van der Waals surface area contributed by atoms with Crippen molar-refractivity contribution in [1.29, 1.82) is 0 Å². The predicted molar refractivity (Wildman–Crippen MR) is 101 cm³/mol. The average molecular weight is 387 g/mol. The number of primary sulfonamides is 1. The molecule has 2 aromatic heterocycles. The van der Waals surface area contributed by atoms with Crippen LogP contribution >= 0.6 is 0 Å². The largest absolute Gasteiger partial charge is 0.496 e. The van der Waals surface area contributed by atoms with Crippen LogP contribution in [0.1, 0.15) is 19.7 Å². The van der Waals surface area contributed by atoms with Crippen LogP contribution in [0, 0.1) is 5.92 Å². The van der Waals surface area contributed by atoms with Gasteiger partial charge >= 0.3 is 0 Å². The zero-order valence-electron chi connectivity index (χ0n) is 15.3. The minimum atomic E-state index is -3.88. The lowest BCUT2D eigenvalue weighted by molar-refractivity contribution is 0.415. The molecule has 0 spiro atoms. The molecule has 27 heavy (non-hydrogen) atoms. The lowest BCUT2D eigenvalue weighted by Crippen LogP contribution is -2.12. The quantitative estimate of drug-likeness (QED) is 0.694. The van der Waals surface area contributed by atoms with E-state index in [1.54, 1.807) is 29.1 Å². The number of sulfonamides is 1. The van der Waals surface area contributed by atoms with E-state index in [-0.39, 0.29) is 4.90 Å². The molecule has 0 bridgehead atoms. The molecular formula is C18H21N5O3S. The van der Waals surface area contributed by atoms with Gasteiger partial charge in [-0.3, -0.25) is 0 Å². The molecule has 0 unspecified atom stereocenters. The van der Waals surface area contributed by atoms with Gasteiger partial charge in [-0.05, 0) is 36.2 Å². The third-order valence-corrected chi connectivity index (χ3v) is 4.76. The molecule has 9 heteroatoms. The number of hydrogen-bond donors (Lipinski definition) is 1. The minimum absolute atomic E-state index is 0.0284. The Hall–Kier alpha value is -2.78. The normalized spacial score (nSPS) is 11.7. The van der Waals surface area contributed by atoms with Gasteiger partial charge in [0.1, 0.15) is 5.75 Å². The topological polar surface area (TPSA) is 113 Å². The van der Waals surface area contributed by atoms with Crippen molar-refractivity contribution in [3.05, 3.63) is 48.4 Å². The number of aromatic nitrogens is 4. The van der Waals surface area contributed by atoms with Gasteiger partial charge in [0.05, 0.1) is 17.6 Å². The van der Waals surface area contributed by atoms with Crippen molar-refractivity contribution in [2.75, 3.05) is 7.11 Å². The number of ether oxygens (including phenoxy) is 1. The first-order valence-electron chi connectivity index (χ1n) is 8.38. The minimum Gasteiger partial charge on any atom is -0.496 e. The van der Waals surface area contributed by atoms with Gasteiger partial charge in [-0.2, -0.15) is 4.68 Å². The summed E-state index contributed by atoms with van der Waals surface area (Å²) in [5.41, 5.74) is 0.470. The number of nitrogens with two attached hydrogens (primary N) is 1. The Kier molecular flexibility index (Phi) is 5.24. The third kappa shape index (κ3) is 4.15. The highest BCUT2D eigenvalue weighted by molar-refractivity contribution is 7.89. The molecule has 0 atom stereocenters. The molecule has 0 aliphatic carbocycles. The fourth-order valence-electron chi connectivity index (χ4n) is 2.66. The van der Waals surface area contributed by atoms with E-state index < -0.39 is 10.0 Å². The summed E-state index contributed by atoms with van der Waals surface area (Å²) in [6.45, 7) is 4.15. The highest BCUT2D eigenvalue weighted by atomic mass is 32.2. The molecule has 0 aliphatic rings. The monoisotopic (exact) mass is 387 g/mol. The number of rotatable bonds is 6. The molecule has 0 fully saturated rings. The fraction of sp³-hybridized carbons (Fsp3) is 0.278. The highest BCUT2D eigenvalue weighted by Gasteiger charge is 2.21. The summed E-state index contributed by atoms with van der Waals surface area (Å²) in [5, 5.41) is 9.86. The Morgan fingerprint density at radius 2 is 2.00 bits per heavy atom. The standard InChI is InChI=1S/C18H21N5O3S/c1-12(2)10-16-21-18(23(22-16)17-6-4-5-9-20-17)14-11-13(27(19,24)25)7-8-15(14)26-3/h4-9,11-12H,10H2,1-3H3,(H2,19,24,25). The fourth-order valence-corrected chi connectivity index (χ4v) is 3.20. The molecule has 142 valence electrons. The lowest BCUT2D eigenvalue weighted by Gasteiger charge is -2.10. The molecule has 2 N–H and O–H groups in total. The van der Waals surface area contributed by atoms with Crippen molar-refractivity contribution >= 4 is 10.0 Å². The van der Waals surface area contributed by atoms with Crippen molar-refractivity contribution in [2.24, 2.45) is 11.1 Å². The van der Waals surface area contributed by atoms with E-state index in [2.05, 4.69) is 28.9 Å². The summed E-state index contributed by atoms with van der Waals surface area (Å²) in [4.78, 5) is 8.93. The van der Waals surface area contributed by atoms with Gasteiger partial charge in [0, 0.05) is 12.6 Å². The first-order chi connectivity index (χ1) is 12.8. The smallest absolute Gasteiger partial charge is 0.238 e. The van der Waals surface area contributed by atoms with Crippen molar-refractivity contribution in [1.82, 2.24) is 19.7 Å². The van der Waals surface area contributed by atoms with Gasteiger partial charge in [0.2, 0.25) is 10.0 Å². The second-order valence-electron chi connectivity index (χ2n) is 6.46. The van der Waals surface area contributed by atoms with Crippen molar-refractivity contribution in [2.45, 2.75) is 25.2 Å². The molecule has 3 rings (SSSR count). The Balaban J connectivity index is 2.25. The highest BCUT2D eigenvalue weighted by Crippen LogP contribution is 2.32. The van der Waals surface area contributed by atoms with E-state index in [0.717, 1.165) is 0 Å². The van der Waals surface area contributed by atoms with Gasteiger partial charge in [-0.1, -0.05) is 19.9 Å². The summed E-state index contributed by atoms with van der Waals surface area (Å²) in [5.74, 6) is 2.46. The molecule has 0 saturated carbocycles. The van der Waals surface area contributed by atoms with Gasteiger partial charge in [0.15, 0.2) is 17.5 Å². The maximum absolute atomic E-state index is 11.8. The van der Waals surface area contributed by atoms with Crippen molar-refractivity contribution in [3.63, 3.8) is 0 Å². The van der Waals surface area contributed by atoms with E-state index in [1.807, 2.05) is 6.07 Å². The van der Waals surface area contributed by atoms with Crippen LogP contribution in [0.2, 0.25) is 0 Å². The molecule has 1 aromatic carbocycles. The maximum Gasteiger partial charge on any atom is 0.238 e. The van der Waals surface area contributed by atoms with Crippen LogP contribution in [0.3, 0.4) is 0 Å². The lowest BCUT2D eigenvalue weighted by atomic mass is 10.1. The molecule has 0 aliphatic heterocycles. The maximum atomic E-state index is 11.8. The summed E-state index contributed by atoms with van der Waals surface area (Å²) in [7, 11) is -2.37. The Morgan fingerprint density at radius 1 is 1.22 bits per heavy atom. The Bertz CT molecular complexity index is 1050. The third-order valence-electron chi connectivity index (χ3n) is 3.85. The number of methoxy groups -OCH3 is 1. The molecule has 0 amide bonds. The first kappa shape index (κ1) is 19.0. The van der Waals surface area contributed by atoms with E-state index in [9.17, 15) is 8.42 Å². The molecular weight excluding hydrogens is 366 g/mol. The zero-order chi connectivity index (χ0) is 19.6. The SMILES string of the molecule is COc1ccc(S(N)(=O)=O)cc1-c1nc(CC(C)C)nn1-c1ccccn1. The van der Waals surface area contributed by atoms with E-state index in [1.165, 1.54) is 19.2 Å². The number of benzene rings is 1. The van der Waals surface area contributed by atoms with Crippen LogP contribution in [0.15, 0.2) is 47.5 Å². The van der Waals surface area contributed by atoms with Gasteiger partial charge in [-0.25, -0.2) is 23.5 Å². The van der Waals surface area contributed by atoms with Gasteiger partial charge in [0.25, 0.3) is 0 Å². The van der Waals surface area contributed by atoms with E-state index in [4.69, 9.17) is 9.88 Å². The van der Waals surface area contributed by atoms with Crippen LogP contribution in [0.5, 0.6) is 5.75 Å². The summed E-state index contributed by atoms with van der Waals surface area (Å²) in [6.07, 6.45) is 2.32. The van der Waals surface area contributed by atoms with Crippen LogP contribution in [-0.2, 0) is 16.4 Å². The van der Waals surface area contributed by atoms with Gasteiger partial charge in [-0.15, -0.1) is 5.10 Å². The van der Waals surface area contributed by atoms with E-state index in [0.29, 0.717) is 41.1 Å². The molecule has 8 nitrogen and oxygen atoms in total. The average Bonchev–Trinajstić information content (AvgIpc) is 3.04.